The molecule has 0 bridgehead atoms. The number of fused-ring (bicyclic) bond motifs is 4. The zero-order chi connectivity index (χ0) is 50.4. The van der Waals surface area contributed by atoms with Gasteiger partial charge in [-0.15, -0.1) is 0 Å². The van der Waals surface area contributed by atoms with Crippen molar-refractivity contribution in [2.24, 2.45) is 0 Å². The lowest BCUT2D eigenvalue weighted by Crippen LogP contribution is -2.15. The van der Waals surface area contributed by atoms with Gasteiger partial charge < -0.3 is 9.80 Å². The molecular formula is C66H42N8S2. The van der Waals surface area contributed by atoms with E-state index in [1.807, 2.05) is 97.1 Å². The molecule has 2 aliphatic heterocycles. The number of anilines is 6. The molecule has 12 aromatic rings. The van der Waals surface area contributed by atoms with Crippen molar-refractivity contribution in [1.82, 2.24) is 29.9 Å². The maximum atomic E-state index is 5.41. The first-order valence-corrected chi connectivity index (χ1v) is 26.6. The van der Waals surface area contributed by atoms with Gasteiger partial charge in [0.2, 0.25) is 0 Å². The van der Waals surface area contributed by atoms with Crippen molar-refractivity contribution >= 4 is 57.6 Å². The van der Waals surface area contributed by atoms with Crippen LogP contribution in [0.1, 0.15) is 0 Å². The zero-order valence-corrected chi connectivity index (χ0v) is 42.3. The fourth-order valence-corrected chi connectivity index (χ4v) is 12.1. The van der Waals surface area contributed by atoms with E-state index >= 15 is 0 Å². The topological polar surface area (TPSA) is 83.8 Å². The van der Waals surface area contributed by atoms with E-state index in [1.54, 1.807) is 23.5 Å². The Kier molecular flexibility index (Phi) is 11.5. The molecule has 8 nitrogen and oxygen atoms in total. The van der Waals surface area contributed by atoms with Crippen LogP contribution >= 0.6 is 23.5 Å². The Labute approximate surface area is 448 Å². The van der Waals surface area contributed by atoms with Gasteiger partial charge in [0.05, 0.1) is 22.7 Å². The summed E-state index contributed by atoms with van der Waals surface area (Å²) in [5.74, 6) is 3.39. The Morgan fingerprint density at radius 3 is 0.934 bits per heavy atom. The van der Waals surface area contributed by atoms with Crippen LogP contribution in [0.3, 0.4) is 0 Å². The van der Waals surface area contributed by atoms with Crippen LogP contribution < -0.4 is 9.80 Å². The van der Waals surface area contributed by atoms with Crippen molar-refractivity contribution in [3.05, 3.63) is 255 Å². The molecule has 2 aliphatic rings. The van der Waals surface area contributed by atoms with Crippen LogP contribution in [0.5, 0.6) is 0 Å². The summed E-state index contributed by atoms with van der Waals surface area (Å²) >= 11 is 3.57. The van der Waals surface area contributed by atoms with Crippen LogP contribution in [-0.4, -0.2) is 29.9 Å². The fraction of sp³-hybridized carbons (Fsp3) is 0. The average Bonchev–Trinajstić information content (AvgIpc) is 3.50. The molecule has 358 valence electrons. The molecule has 14 rings (SSSR count). The lowest BCUT2D eigenvalue weighted by Gasteiger charge is -2.34. The third-order valence-corrected chi connectivity index (χ3v) is 15.8. The van der Waals surface area contributed by atoms with Crippen LogP contribution in [0, 0.1) is 0 Å². The number of aromatic nitrogens is 6. The molecule has 2 aromatic heterocycles. The summed E-state index contributed by atoms with van der Waals surface area (Å²) in [6, 6.07) is 88.4. The van der Waals surface area contributed by atoms with Gasteiger partial charge in [0.1, 0.15) is 0 Å². The summed E-state index contributed by atoms with van der Waals surface area (Å²) in [4.78, 5) is 41.1. The van der Waals surface area contributed by atoms with E-state index in [9.17, 15) is 0 Å². The molecule has 76 heavy (non-hydrogen) atoms. The van der Waals surface area contributed by atoms with E-state index in [-0.39, 0.29) is 0 Å². The molecule has 4 heterocycles. The SMILES string of the molecule is c1ccc(-c2nc(-c3ccccc3)nc(-c3cc(-c4ccc(N5c6ccccc6Sc6ccccc65)cc4-c4nc(-c5ccccc5)nc(-c5ccccc5)n4)cc(N4c5ccccc5Sc5ccccc54)c3)n2)cc1. The highest BCUT2D eigenvalue weighted by molar-refractivity contribution is 8.00. The van der Waals surface area contributed by atoms with E-state index in [0.29, 0.717) is 34.9 Å². The second kappa shape index (κ2) is 19.4. The van der Waals surface area contributed by atoms with Crippen LogP contribution in [0.25, 0.3) is 79.5 Å². The largest absolute Gasteiger partial charge is 0.308 e. The third kappa shape index (κ3) is 8.45. The van der Waals surface area contributed by atoms with E-state index < -0.39 is 0 Å². The molecule has 0 saturated heterocycles. The maximum Gasteiger partial charge on any atom is 0.164 e. The fourth-order valence-electron chi connectivity index (χ4n) is 9.97. The summed E-state index contributed by atoms with van der Waals surface area (Å²) in [6.07, 6.45) is 0. The monoisotopic (exact) mass is 1010 g/mol. The molecule has 0 fully saturated rings. The molecule has 0 atom stereocenters. The smallest absolute Gasteiger partial charge is 0.164 e. The van der Waals surface area contributed by atoms with Gasteiger partial charge in [0, 0.05) is 64.3 Å². The first-order chi connectivity index (χ1) is 37.6. The molecule has 0 saturated carbocycles. The van der Waals surface area contributed by atoms with Gasteiger partial charge in [-0.25, -0.2) is 29.9 Å². The highest BCUT2D eigenvalue weighted by Gasteiger charge is 2.29. The first kappa shape index (κ1) is 45.2. The van der Waals surface area contributed by atoms with Gasteiger partial charge in [-0.2, -0.15) is 0 Å². The van der Waals surface area contributed by atoms with Crippen molar-refractivity contribution in [1.29, 1.82) is 0 Å². The standard InChI is InChI=1S/C66H42N8S2/c1-5-21-43(22-6-1)61-67-62(44-23-7-2-8-24-44)70-65(69-61)48-39-47(40-50(41-48)74-55-31-15-19-35-59(55)76-60-36-20-16-32-56(60)74)51-38-37-49(73-53-29-13-17-33-57(53)75-58-34-18-14-30-54(58)73)42-52(51)66-71-63(45-25-9-3-10-26-45)68-64(72-66)46-27-11-4-12-28-46/h1-42H. The third-order valence-electron chi connectivity index (χ3n) is 13.5. The maximum absolute atomic E-state index is 5.41. The quantitative estimate of drug-likeness (QED) is 0.139. The Hall–Kier alpha value is -9.48. The van der Waals surface area contributed by atoms with Crippen molar-refractivity contribution in [3.8, 4) is 79.5 Å². The Balaban J connectivity index is 1.06. The molecule has 0 aliphatic carbocycles. The molecule has 0 amide bonds. The molecule has 0 spiro atoms. The lowest BCUT2D eigenvalue weighted by atomic mass is 9.94. The van der Waals surface area contributed by atoms with Crippen LogP contribution in [-0.2, 0) is 0 Å². The molecule has 10 aromatic carbocycles. The zero-order valence-electron chi connectivity index (χ0n) is 40.6. The molecule has 10 heteroatoms. The molecule has 0 radical (unpaired) electrons. The number of benzene rings is 10. The number of para-hydroxylation sites is 4. The van der Waals surface area contributed by atoms with Crippen molar-refractivity contribution in [2.75, 3.05) is 9.80 Å². The minimum Gasteiger partial charge on any atom is -0.308 e. The Morgan fingerprint density at radius 1 is 0.224 bits per heavy atom. The second-order valence-corrected chi connectivity index (χ2v) is 20.5. The van der Waals surface area contributed by atoms with E-state index in [2.05, 4.69) is 168 Å². The van der Waals surface area contributed by atoms with E-state index in [1.165, 1.54) is 9.79 Å². The van der Waals surface area contributed by atoms with Crippen LogP contribution in [0.2, 0.25) is 0 Å². The van der Waals surface area contributed by atoms with Crippen molar-refractivity contribution in [2.45, 2.75) is 19.6 Å². The average molecular weight is 1010 g/mol. The van der Waals surface area contributed by atoms with Crippen molar-refractivity contribution in [3.63, 3.8) is 0 Å². The van der Waals surface area contributed by atoms with Gasteiger partial charge in [0.15, 0.2) is 34.9 Å². The highest BCUT2D eigenvalue weighted by Crippen LogP contribution is 2.54. The highest BCUT2D eigenvalue weighted by atomic mass is 32.2. The molecule has 0 unspecified atom stereocenters. The van der Waals surface area contributed by atoms with Gasteiger partial charge in [-0.1, -0.05) is 199 Å². The van der Waals surface area contributed by atoms with Gasteiger partial charge in [-0.05, 0) is 90.0 Å². The molecule has 0 N–H and O–H groups in total. The van der Waals surface area contributed by atoms with Gasteiger partial charge in [0.25, 0.3) is 0 Å². The van der Waals surface area contributed by atoms with Crippen LogP contribution in [0.4, 0.5) is 34.1 Å². The van der Waals surface area contributed by atoms with E-state index in [4.69, 9.17) is 29.9 Å². The first-order valence-electron chi connectivity index (χ1n) is 25.0. The Morgan fingerprint density at radius 2 is 0.539 bits per heavy atom. The minimum atomic E-state index is 0.535. The summed E-state index contributed by atoms with van der Waals surface area (Å²) in [5.41, 5.74) is 13.3. The van der Waals surface area contributed by atoms with E-state index in [0.717, 1.165) is 88.4 Å². The second-order valence-electron chi connectivity index (χ2n) is 18.3. The van der Waals surface area contributed by atoms with Gasteiger partial charge in [-0.3, -0.25) is 0 Å². The minimum absolute atomic E-state index is 0.535. The summed E-state index contributed by atoms with van der Waals surface area (Å²) < 4.78 is 0. The predicted octanol–water partition coefficient (Wildman–Crippen LogP) is 17.6. The molecular weight excluding hydrogens is 969 g/mol. The van der Waals surface area contributed by atoms with Crippen molar-refractivity contribution < 1.29 is 0 Å². The summed E-state index contributed by atoms with van der Waals surface area (Å²) in [5, 5.41) is 0. The normalized spacial score (nSPS) is 12.3. The summed E-state index contributed by atoms with van der Waals surface area (Å²) in [6.45, 7) is 0. The Bertz CT molecular complexity index is 3940. The summed E-state index contributed by atoms with van der Waals surface area (Å²) in [7, 11) is 0. The number of nitrogens with zero attached hydrogens (tertiary/aromatic N) is 8. The van der Waals surface area contributed by atoms with Crippen LogP contribution in [0.15, 0.2) is 274 Å². The lowest BCUT2D eigenvalue weighted by molar-refractivity contribution is 1.07. The van der Waals surface area contributed by atoms with Gasteiger partial charge >= 0.3 is 0 Å². The predicted molar refractivity (Wildman–Crippen MR) is 309 cm³/mol. The number of hydrogen-bond donors (Lipinski definition) is 0. The number of rotatable bonds is 9. The number of hydrogen-bond acceptors (Lipinski definition) is 10.